The lowest BCUT2D eigenvalue weighted by molar-refractivity contribution is -0.104. The Kier molecular flexibility index (Phi) is 6.49. The Balaban J connectivity index is 0.000000192. The van der Waals surface area contributed by atoms with Crippen molar-refractivity contribution >= 4 is 55.7 Å². The monoisotopic (exact) mass is 291 g/mol. The summed E-state index contributed by atoms with van der Waals surface area (Å²) in [5.41, 5.74) is 1.27. The average Bonchev–Trinajstić information content (AvgIpc) is 3.11. The zero-order valence-corrected chi connectivity index (χ0v) is 11.8. The summed E-state index contributed by atoms with van der Waals surface area (Å²) in [5.74, 6) is 0. The fourth-order valence-electron chi connectivity index (χ4n) is 1.32. The summed E-state index contributed by atoms with van der Waals surface area (Å²) < 4.78 is 1.39. The van der Waals surface area contributed by atoms with Crippen molar-refractivity contribution in [2.45, 2.75) is 0 Å². The van der Waals surface area contributed by atoms with E-state index in [4.69, 9.17) is 9.59 Å². The topological polar surface area (TPSA) is 49.9 Å². The molecule has 0 aliphatic rings. The number of carbonyl (C=O) groups excluding carboxylic acids is 2. The third-order valence-electron chi connectivity index (χ3n) is 2.02. The lowest BCUT2D eigenvalue weighted by atomic mass is 10.4. The quantitative estimate of drug-likeness (QED) is 0.568. The number of allylic oxidation sites excluding steroid dienone is 2. The molecule has 0 saturated carbocycles. The van der Waals surface area contributed by atoms with Crippen molar-refractivity contribution in [3.05, 3.63) is 48.2 Å². The molecule has 19 heavy (non-hydrogen) atoms. The van der Waals surface area contributed by atoms with E-state index in [2.05, 4.69) is 41.0 Å². The van der Waals surface area contributed by atoms with E-state index in [0.717, 1.165) is 0 Å². The van der Waals surface area contributed by atoms with Crippen molar-refractivity contribution < 1.29 is 9.59 Å². The first-order chi connectivity index (χ1) is 9.28. The molecule has 0 bridgehead atoms. The van der Waals surface area contributed by atoms with Gasteiger partial charge in [-0.3, -0.25) is 9.59 Å². The summed E-state index contributed by atoms with van der Waals surface area (Å²) in [6.07, 6.45) is 3.67. The maximum absolute atomic E-state index is 9.06. The van der Waals surface area contributed by atoms with Crippen LogP contribution < -0.4 is 0 Å². The van der Waals surface area contributed by atoms with Crippen LogP contribution in [0.25, 0.3) is 20.4 Å². The Morgan fingerprint density at radius 2 is 1.58 bits per heavy atom. The van der Waals surface area contributed by atoms with E-state index in [1.165, 1.54) is 32.6 Å². The van der Waals surface area contributed by atoms with Crippen LogP contribution in [0.5, 0.6) is 0 Å². The van der Waals surface area contributed by atoms with Gasteiger partial charge in [0.2, 0.25) is 0 Å². The summed E-state index contributed by atoms with van der Waals surface area (Å²) in [6.45, 7) is 6.22. The van der Waals surface area contributed by atoms with Crippen LogP contribution in [0.15, 0.2) is 48.2 Å². The number of aromatic nitrogens is 1. The van der Waals surface area contributed by atoms with Crippen molar-refractivity contribution in [2.24, 2.45) is 0 Å². The van der Waals surface area contributed by atoms with Crippen LogP contribution in [0.2, 0.25) is 0 Å². The molecular weight excluding hydrogens is 278 g/mol. The Hall–Kier alpha value is -1.98. The number of fused-ring (bicyclic) bond motifs is 3. The lowest BCUT2D eigenvalue weighted by Crippen LogP contribution is -1.52. The molecule has 0 fully saturated rings. The van der Waals surface area contributed by atoms with Gasteiger partial charge in [-0.25, -0.2) is 0 Å². The first kappa shape index (κ1) is 15.1. The molecule has 0 spiro atoms. The predicted octanol–water partition coefficient (Wildman–Crippen LogP) is 4.19. The van der Waals surface area contributed by atoms with Crippen LogP contribution in [0.3, 0.4) is 0 Å². The van der Waals surface area contributed by atoms with Gasteiger partial charge in [-0.2, -0.15) is 0 Å². The SMILES string of the molecule is C=CC=O.C=CC=O.c1cc2c([nH]c3ccsc32)s1. The third kappa shape index (κ3) is 4.01. The molecule has 3 rings (SSSR count). The van der Waals surface area contributed by atoms with Crippen molar-refractivity contribution in [1.82, 2.24) is 4.98 Å². The third-order valence-corrected chi connectivity index (χ3v) is 3.79. The van der Waals surface area contributed by atoms with E-state index < -0.39 is 0 Å². The first-order valence-electron chi connectivity index (χ1n) is 5.33. The summed E-state index contributed by atoms with van der Waals surface area (Å²) in [5, 5.41) is 5.62. The molecule has 3 aromatic heterocycles. The molecule has 0 atom stereocenters. The number of hydrogen-bond acceptors (Lipinski definition) is 4. The van der Waals surface area contributed by atoms with E-state index in [9.17, 15) is 0 Å². The van der Waals surface area contributed by atoms with Gasteiger partial charge < -0.3 is 4.98 Å². The Morgan fingerprint density at radius 3 is 2.16 bits per heavy atom. The zero-order valence-electron chi connectivity index (χ0n) is 10.2. The van der Waals surface area contributed by atoms with Gasteiger partial charge in [0.15, 0.2) is 0 Å². The van der Waals surface area contributed by atoms with Gasteiger partial charge in [0, 0.05) is 5.39 Å². The first-order valence-corrected chi connectivity index (χ1v) is 7.09. The molecule has 0 aliphatic carbocycles. The fourth-order valence-corrected chi connectivity index (χ4v) is 3.08. The normalized spacial score (nSPS) is 8.84. The number of H-pyrrole nitrogens is 1. The average molecular weight is 291 g/mol. The van der Waals surface area contributed by atoms with E-state index in [1.54, 1.807) is 22.7 Å². The second-order valence-corrected chi connectivity index (χ2v) is 5.03. The van der Waals surface area contributed by atoms with Crippen molar-refractivity contribution in [3.8, 4) is 0 Å². The largest absolute Gasteiger partial charge is 0.346 e. The molecule has 98 valence electrons. The highest BCUT2D eigenvalue weighted by atomic mass is 32.1. The molecule has 0 saturated heterocycles. The second-order valence-electron chi connectivity index (χ2n) is 3.20. The van der Waals surface area contributed by atoms with Crippen LogP contribution in [-0.4, -0.2) is 17.6 Å². The summed E-state index contributed by atoms with van der Waals surface area (Å²) in [6, 6.07) is 4.31. The number of nitrogens with one attached hydrogen (secondary N) is 1. The Labute approximate surface area is 118 Å². The summed E-state index contributed by atoms with van der Waals surface area (Å²) >= 11 is 3.57. The van der Waals surface area contributed by atoms with Gasteiger partial charge in [-0.1, -0.05) is 13.2 Å². The van der Waals surface area contributed by atoms with E-state index in [1.807, 2.05) is 0 Å². The zero-order chi connectivity index (χ0) is 14.1. The van der Waals surface area contributed by atoms with Crippen LogP contribution in [0.4, 0.5) is 0 Å². The number of aldehydes is 2. The number of carbonyl (C=O) groups is 2. The number of rotatable bonds is 2. The molecule has 0 aromatic carbocycles. The molecule has 5 heteroatoms. The highest BCUT2D eigenvalue weighted by Gasteiger charge is 2.04. The molecule has 3 nitrogen and oxygen atoms in total. The van der Waals surface area contributed by atoms with Crippen molar-refractivity contribution in [3.63, 3.8) is 0 Å². The van der Waals surface area contributed by atoms with Crippen LogP contribution in [0, 0.1) is 0 Å². The minimum absolute atomic E-state index is 0.639. The van der Waals surface area contributed by atoms with E-state index in [-0.39, 0.29) is 0 Å². The highest BCUT2D eigenvalue weighted by molar-refractivity contribution is 7.21. The molecule has 0 radical (unpaired) electrons. The number of aromatic amines is 1. The van der Waals surface area contributed by atoms with Crippen LogP contribution >= 0.6 is 22.7 Å². The Bertz CT molecular complexity index is 607. The summed E-state index contributed by atoms with van der Waals surface area (Å²) in [7, 11) is 0. The van der Waals surface area contributed by atoms with Gasteiger partial charge in [0.05, 0.1) is 10.2 Å². The minimum atomic E-state index is 0.639. The molecular formula is C14H13NO2S2. The molecule has 0 aliphatic heterocycles. The minimum Gasteiger partial charge on any atom is -0.346 e. The smallest absolute Gasteiger partial charge is 0.142 e. The molecule has 0 unspecified atom stereocenters. The second kappa shape index (κ2) is 8.18. The van der Waals surface area contributed by atoms with Gasteiger partial charge in [-0.15, -0.1) is 22.7 Å². The molecule has 3 heterocycles. The molecule has 3 aromatic rings. The number of thiophene rings is 2. The maximum atomic E-state index is 9.06. The van der Waals surface area contributed by atoms with E-state index in [0.29, 0.717) is 12.6 Å². The van der Waals surface area contributed by atoms with Gasteiger partial charge in [-0.05, 0) is 35.0 Å². The van der Waals surface area contributed by atoms with Crippen LogP contribution in [0.1, 0.15) is 0 Å². The Morgan fingerprint density at radius 1 is 1.00 bits per heavy atom. The lowest BCUT2D eigenvalue weighted by Gasteiger charge is -1.71. The predicted molar refractivity (Wildman–Crippen MR) is 84.1 cm³/mol. The maximum Gasteiger partial charge on any atom is 0.142 e. The summed E-state index contributed by atoms with van der Waals surface area (Å²) in [4.78, 5) is 22.8. The van der Waals surface area contributed by atoms with Gasteiger partial charge in [0.1, 0.15) is 17.4 Å². The van der Waals surface area contributed by atoms with Crippen molar-refractivity contribution in [1.29, 1.82) is 0 Å². The standard InChI is InChI=1S/C8H5NS2.2C3H4O/c1-3-11-8-5(1)7-6(9-8)2-4-10-7;2*1-2-3-4/h1-4,9H;2*2-3H,1H2. The highest BCUT2D eigenvalue weighted by Crippen LogP contribution is 2.32. The number of hydrogen-bond donors (Lipinski definition) is 1. The molecule has 0 amide bonds. The fraction of sp³-hybridized carbons (Fsp3) is 0. The van der Waals surface area contributed by atoms with Gasteiger partial charge >= 0.3 is 0 Å². The van der Waals surface area contributed by atoms with Gasteiger partial charge in [0.25, 0.3) is 0 Å². The van der Waals surface area contributed by atoms with Crippen molar-refractivity contribution in [2.75, 3.05) is 0 Å². The van der Waals surface area contributed by atoms with Crippen LogP contribution in [-0.2, 0) is 9.59 Å². The van der Waals surface area contributed by atoms with E-state index >= 15 is 0 Å². The molecule has 1 N–H and O–H groups in total.